The summed E-state index contributed by atoms with van der Waals surface area (Å²) in [6.45, 7) is 7.37. The number of aliphatic imine (C=N–C) groups is 1. The molecular formula is C20H32F2N4O3. The third-order valence-corrected chi connectivity index (χ3v) is 4.53. The lowest BCUT2D eigenvalue weighted by molar-refractivity contribution is -0.0498. The summed E-state index contributed by atoms with van der Waals surface area (Å²) in [5, 5.41) is 16.7. The highest BCUT2D eigenvalue weighted by atomic mass is 19.3. The van der Waals surface area contributed by atoms with Crippen molar-refractivity contribution in [3.63, 3.8) is 0 Å². The van der Waals surface area contributed by atoms with E-state index in [0.717, 1.165) is 32.8 Å². The SMILES string of the molecule is CCNC(=NCC(C)CN1CCOCC1)NCC(O)c1ccc(OC(F)F)cc1. The average Bonchev–Trinajstić information content (AvgIpc) is 2.70. The second-order valence-corrected chi connectivity index (χ2v) is 7.08. The van der Waals surface area contributed by atoms with Gasteiger partial charge in [0.25, 0.3) is 0 Å². The number of morpholine rings is 1. The van der Waals surface area contributed by atoms with Crippen LogP contribution < -0.4 is 15.4 Å². The van der Waals surface area contributed by atoms with Gasteiger partial charge in [0, 0.05) is 39.3 Å². The molecule has 2 rings (SSSR count). The van der Waals surface area contributed by atoms with Gasteiger partial charge in [-0.1, -0.05) is 19.1 Å². The van der Waals surface area contributed by atoms with Crippen LogP contribution in [0, 0.1) is 5.92 Å². The van der Waals surface area contributed by atoms with Gasteiger partial charge in [-0.25, -0.2) is 0 Å². The lowest BCUT2D eigenvalue weighted by Crippen LogP contribution is -2.41. The van der Waals surface area contributed by atoms with Crippen LogP contribution in [0.15, 0.2) is 29.3 Å². The van der Waals surface area contributed by atoms with Crippen LogP contribution in [-0.4, -0.2) is 75.1 Å². The lowest BCUT2D eigenvalue weighted by Gasteiger charge is -2.28. The number of ether oxygens (including phenoxy) is 2. The molecule has 2 atom stereocenters. The Morgan fingerprint density at radius 1 is 1.24 bits per heavy atom. The molecule has 1 aliphatic rings. The second kappa shape index (κ2) is 12.6. The van der Waals surface area contributed by atoms with Gasteiger partial charge in [-0.05, 0) is 30.5 Å². The van der Waals surface area contributed by atoms with E-state index >= 15 is 0 Å². The topological polar surface area (TPSA) is 78.4 Å². The maximum atomic E-state index is 12.2. The van der Waals surface area contributed by atoms with Crippen molar-refractivity contribution in [2.45, 2.75) is 26.6 Å². The molecule has 0 radical (unpaired) electrons. The molecule has 1 aliphatic heterocycles. The quantitative estimate of drug-likeness (QED) is 0.401. The van der Waals surface area contributed by atoms with Gasteiger partial charge in [-0.2, -0.15) is 8.78 Å². The van der Waals surface area contributed by atoms with Gasteiger partial charge in [0.05, 0.1) is 19.3 Å². The molecule has 0 bridgehead atoms. The van der Waals surface area contributed by atoms with Crippen LogP contribution >= 0.6 is 0 Å². The normalized spacial score (nSPS) is 17.8. The molecular weight excluding hydrogens is 382 g/mol. The molecule has 7 nitrogen and oxygen atoms in total. The fourth-order valence-corrected chi connectivity index (χ4v) is 3.05. The van der Waals surface area contributed by atoms with Crippen molar-refractivity contribution in [3.8, 4) is 5.75 Å². The van der Waals surface area contributed by atoms with E-state index < -0.39 is 12.7 Å². The summed E-state index contributed by atoms with van der Waals surface area (Å²) in [5.74, 6) is 1.10. The fraction of sp³-hybridized carbons (Fsp3) is 0.650. The minimum atomic E-state index is -2.86. The Morgan fingerprint density at radius 2 is 1.93 bits per heavy atom. The molecule has 0 spiro atoms. The van der Waals surface area contributed by atoms with Crippen LogP contribution in [0.4, 0.5) is 8.78 Å². The van der Waals surface area contributed by atoms with E-state index in [1.165, 1.54) is 12.1 Å². The maximum absolute atomic E-state index is 12.2. The van der Waals surface area contributed by atoms with Crippen LogP contribution in [0.2, 0.25) is 0 Å². The van der Waals surface area contributed by atoms with Crippen LogP contribution in [0.5, 0.6) is 5.75 Å². The first-order valence-electron chi connectivity index (χ1n) is 10.0. The molecule has 0 saturated carbocycles. The summed E-state index contributed by atoms with van der Waals surface area (Å²) >= 11 is 0. The summed E-state index contributed by atoms with van der Waals surface area (Å²) in [6, 6.07) is 5.96. The average molecular weight is 414 g/mol. The van der Waals surface area contributed by atoms with Crippen molar-refractivity contribution in [2.24, 2.45) is 10.9 Å². The van der Waals surface area contributed by atoms with Crippen molar-refractivity contribution in [2.75, 3.05) is 52.5 Å². The molecule has 1 aromatic carbocycles. The number of hydrogen-bond acceptors (Lipinski definition) is 5. The Labute approximate surface area is 171 Å². The molecule has 0 aromatic heterocycles. The Morgan fingerprint density at radius 3 is 2.55 bits per heavy atom. The number of guanidine groups is 1. The van der Waals surface area contributed by atoms with E-state index in [1.807, 2.05) is 6.92 Å². The van der Waals surface area contributed by atoms with Gasteiger partial charge in [-0.3, -0.25) is 9.89 Å². The van der Waals surface area contributed by atoms with Crippen molar-refractivity contribution < 1.29 is 23.4 Å². The lowest BCUT2D eigenvalue weighted by atomic mass is 10.1. The van der Waals surface area contributed by atoms with E-state index in [-0.39, 0.29) is 12.3 Å². The predicted octanol–water partition coefficient (Wildman–Crippen LogP) is 1.84. The van der Waals surface area contributed by atoms with Crippen LogP contribution in [0.1, 0.15) is 25.5 Å². The van der Waals surface area contributed by atoms with E-state index in [1.54, 1.807) is 12.1 Å². The molecule has 1 fully saturated rings. The summed E-state index contributed by atoms with van der Waals surface area (Å²) in [5.41, 5.74) is 0.607. The number of halogens is 2. The second-order valence-electron chi connectivity index (χ2n) is 7.08. The van der Waals surface area contributed by atoms with Gasteiger partial charge in [0.15, 0.2) is 5.96 Å². The van der Waals surface area contributed by atoms with Crippen molar-refractivity contribution >= 4 is 5.96 Å². The van der Waals surface area contributed by atoms with Gasteiger partial charge in [0.1, 0.15) is 5.75 Å². The number of benzene rings is 1. The zero-order chi connectivity index (χ0) is 21.1. The Kier molecular flexibility index (Phi) is 10.1. The zero-order valence-corrected chi connectivity index (χ0v) is 17.1. The molecule has 1 saturated heterocycles. The number of aliphatic hydroxyl groups is 1. The summed E-state index contributed by atoms with van der Waals surface area (Å²) in [7, 11) is 0. The number of hydrogen-bond donors (Lipinski definition) is 3. The molecule has 2 unspecified atom stereocenters. The highest BCUT2D eigenvalue weighted by molar-refractivity contribution is 5.79. The third kappa shape index (κ3) is 8.93. The Bertz CT molecular complexity index is 610. The molecule has 9 heteroatoms. The van der Waals surface area contributed by atoms with Gasteiger partial charge >= 0.3 is 6.61 Å². The van der Waals surface area contributed by atoms with Gasteiger partial charge in [0.2, 0.25) is 0 Å². The van der Waals surface area contributed by atoms with Gasteiger partial charge in [-0.15, -0.1) is 0 Å². The van der Waals surface area contributed by atoms with Crippen molar-refractivity contribution in [1.82, 2.24) is 15.5 Å². The molecule has 1 heterocycles. The van der Waals surface area contributed by atoms with Crippen LogP contribution in [0.3, 0.4) is 0 Å². The van der Waals surface area contributed by atoms with Crippen LogP contribution in [-0.2, 0) is 4.74 Å². The molecule has 29 heavy (non-hydrogen) atoms. The number of aliphatic hydroxyl groups excluding tert-OH is 1. The number of nitrogens with one attached hydrogen (secondary N) is 2. The van der Waals surface area contributed by atoms with E-state index in [2.05, 4.69) is 32.2 Å². The van der Waals surface area contributed by atoms with E-state index in [0.29, 0.717) is 30.5 Å². The highest BCUT2D eigenvalue weighted by Gasteiger charge is 2.14. The first-order valence-corrected chi connectivity index (χ1v) is 10.0. The standard InChI is InChI=1S/C20H32F2N4O3/c1-3-23-20(24-12-15(2)14-26-8-10-28-11-9-26)25-13-18(27)16-4-6-17(7-5-16)29-19(21)22/h4-7,15,18-19,27H,3,8-14H2,1-2H3,(H2,23,24,25). The number of nitrogens with zero attached hydrogens (tertiary/aromatic N) is 2. The molecule has 3 N–H and O–H groups in total. The van der Waals surface area contributed by atoms with Crippen molar-refractivity contribution in [3.05, 3.63) is 29.8 Å². The first kappa shape index (κ1) is 23.3. The summed E-state index contributed by atoms with van der Waals surface area (Å²) in [4.78, 5) is 7.00. The third-order valence-electron chi connectivity index (χ3n) is 4.53. The molecule has 0 amide bonds. The smallest absolute Gasteiger partial charge is 0.387 e. The maximum Gasteiger partial charge on any atom is 0.387 e. The zero-order valence-electron chi connectivity index (χ0n) is 17.1. The summed E-state index contributed by atoms with van der Waals surface area (Å²) in [6.07, 6.45) is -0.801. The number of rotatable bonds is 10. The van der Waals surface area contributed by atoms with E-state index in [9.17, 15) is 13.9 Å². The highest BCUT2D eigenvalue weighted by Crippen LogP contribution is 2.19. The monoisotopic (exact) mass is 414 g/mol. The number of alkyl halides is 2. The molecule has 164 valence electrons. The minimum absolute atomic E-state index is 0.0630. The van der Waals surface area contributed by atoms with Gasteiger partial charge < -0.3 is 25.2 Å². The first-order chi connectivity index (χ1) is 14.0. The van der Waals surface area contributed by atoms with E-state index in [4.69, 9.17) is 4.74 Å². The van der Waals surface area contributed by atoms with Crippen LogP contribution in [0.25, 0.3) is 0 Å². The summed E-state index contributed by atoms with van der Waals surface area (Å²) < 4.78 is 34.1. The predicted molar refractivity (Wildman–Crippen MR) is 108 cm³/mol. The minimum Gasteiger partial charge on any atom is -0.435 e. The van der Waals surface area contributed by atoms with Crippen molar-refractivity contribution in [1.29, 1.82) is 0 Å². The largest absolute Gasteiger partial charge is 0.435 e. The molecule has 1 aromatic rings. The fourth-order valence-electron chi connectivity index (χ4n) is 3.05. The Balaban J connectivity index is 1.81. The molecule has 0 aliphatic carbocycles. The Hall–Kier alpha value is -1.97.